The molecule has 2 fully saturated rings. The molecule has 4 N–H and O–H groups in total. The fourth-order valence-corrected chi connectivity index (χ4v) is 5.20. The van der Waals surface area contributed by atoms with Gasteiger partial charge in [0.15, 0.2) is 0 Å². The van der Waals surface area contributed by atoms with Crippen molar-refractivity contribution in [3.63, 3.8) is 0 Å². The minimum Gasteiger partial charge on any atom is -0.382 e. The number of benzene rings is 1. The van der Waals surface area contributed by atoms with Crippen LogP contribution in [0.25, 0.3) is 16.8 Å². The number of carbonyl (C=O) groups excluding carboxylic acids is 2. The Bertz CT molecular complexity index is 1630. The van der Waals surface area contributed by atoms with Gasteiger partial charge in [-0.2, -0.15) is 13.2 Å². The van der Waals surface area contributed by atoms with Gasteiger partial charge in [0.1, 0.15) is 22.8 Å². The summed E-state index contributed by atoms with van der Waals surface area (Å²) in [7, 11) is 0. The molecule has 1 aliphatic carbocycles. The predicted molar refractivity (Wildman–Crippen MR) is 151 cm³/mol. The number of rotatable bonds is 7. The van der Waals surface area contributed by atoms with E-state index in [2.05, 4.69) is 25.5 Å². The van der Waals surface area contributed by atoms with Crippen LogP contribution < -0.4 is 21.3 Å². The molecule has 0 bridgehead atoms. The van der Waals surface area contributed by atoms with Crippen LogP contribution in [0.1, 0.15) is 41.6 Å². The number of carbonyl (C=O) groups is 2. The van der Waals surface area contributed by atoms with Gasteiger partial charge in [0, 0.05) is 49.4 Å². The molecule has 1 saturated heterocycles. The highest BCUT2D eigenvalue weighted by Gasteiger charge is 2.32. The highest BCUT2D eigenvalue weighted by molar-refractivity contribution is 6.04. The number of nitrogens with zero attached hydrogens (tertiary/aromatic N) is 5. The summed E-state index contributed by atoms with van der Waals surface area (Å²) in [5, 5.41) is 5.50. The largest absolute Gasteiger partial charge is 0.416 e. The second-order valence-corrected chi connectivity index (χ2v) is 10.7. The maximum atomic E-state index is 13.0. The Kier molecular flexibility index (Phi) is 7.17. The van der Waals surface area contributed by atoms with E-state index in [4.69, 9.17) is 10.7 Å². The number of halogens is 3. The highest BCUT2D eigenvalue weighted by Crippen LogP contribution is 2.34. The molecule has 42 heavy (non-hydrogen) atoms. The van der Waals surface area contributed by atoms with Crippen molar-refractivity contribution in [3.05, 3.63) is 66.1 Å². The third kappa shape index (κ3) is 5.71. The summed E-state index contributed by atoms with van der Waals surface area (Å²) in [5.41, 5.74) is 7.43. The fourth-order valence-electron chi connectivity index (χ4n) is 5.20. The molecule has 10 nitrogen and oxygen atoms in total. The van der Waals surface area contributed by atoms with Crippen molar-refractivity contribution in [2.75, 3.05) is 35.6 Å². The molecular formula is C29H29F3N8O2. The maximum Gasteiger partial charge on any atom is 0.416 e. The first-order valence-corrected chi connectivity index (χ1v) is 13.8. The van der Waals surface area contributed by atoms with Crippen LogP contribution in [0.3, 0.4) is 0 Å². The number of amides is 2. The van der Waals surface area contributed by atoms with E-state index in [0.29, 0.717) is 35.2 Å². The Hall–Kier alpha value is -4.68. The van der Waals surface area contributed by atoms with Gasteiger partial charge in [-0.15, -0.1) is 0 Å². The lowest BCUT2D eigenvalue weighted by Gasteiger charge is -2.32. The molecular weight excluding hydrogens is 549 g/mol. The first-order valence-electron chi connectivity index (χ1n) is 13.8. The molecule has 218 valence electrons. The zero-order valence-electron chi connectivity index (χ0n) is 22.6. The number of hydrogen-bond donors (Lipinski definition) is 3. The number of nitrogens with one attached hydrogen (secondary N) is 2. The van der Waals surface area contributed by atoms with E-state index in [-0.39, 0.29) is 29.0 Å². The van der Waals surface area contributed by atoms with E-state index in [1.807, 2.05) is 4.40 Å². The zero-order chi connectivity index (χ0) is 29.4. The molecule has 1 aliphatic heterocycles. The Morgan fingerprint density at radius 2 is 1.83 bits per heavy atom. The lowest BCUT2D eigenvalue weighted by Crippen LogP contribution is -2.44. The van der Waals surface area contributed by atoms with Gasteiger partial charge >= 0.3 is 6.18 Å². The van der Waals surface area contributed by atoms with Crippen LogP contribution in [-0.2, 0) is 11.0 Å². The van der Waals surface area contributed by atoms with E-state index in [1.54, 1.807) is 36.7 Å². The number of piperidine rings is 1. The van der Waals surface area contributed by atoms with Gasteiger partial charge in [-0.1, -0.05) is 12.1 Å². The first-order chi connectivity index (χ1) is 20.2. The van der Waals surface area contributed by atoms with Crippen LogP contribution >= 0.6 is 0 Å². The van der Waals surface area contributed by atoms with Crippen molar-refractivity contribution in [1.29, 1.82) is 0 Å². The average molecular weight is 579 g/mol. The molecule has 13 heteroatoms. The molecule has 1 atom stereocenters. The van der Waals surface area contributed by atoms with Gasteiger partial charge in [0.2, 0.25) is 11.9 Å². The summed E-state index contributed by atoms with van der Waals surface area (Å²) >= 11 is 0. The molecule has 1 saturated carbocycles. The van der Waals surface area contributed by atoms with Crippen molar-refractivity contribution >= 4 is 34.9 Å². The van der Waals surface area contributed by atoms with E-state index in [1.165, 1.54) is 12.8 Å². The number of nitrogens with two attached hydrogens (primary N) is 1. The number of fused-ring (bicyclic) bond motifs is 1. The quantitative estimate of drug-likeness (QED) is 0.297. The second kappa shape index (κ2) is 11.0. The molecule has 2 amide bonds. The number of anilines is 3. The summed E-state index contributed by atoms with van der Waals surface area (Å²) in [6.45, 7) is 1.99. The van der Waals surface area contributed by atoms with E-state index in [0.717, 1.165) is 44.3 Å². The van der Waals surface area contributed by atoms with Gasteiger partial charge in [0.05, 0.1) is 11.5 Å². The fraction of sp³-hybridized carbons (Fsp3) is 0.345. The van der Waals surface area contributed by atoms with Crippen LogP contribution in [0.4, 0.5) is 30.8 Å². The Morgan fingerprint density at radius 3 is 2.57 bits per heavy atom. The molecule has 2 aliphatic rings. The van der Waals surface area contributed by atoms with Gasteiger partial charge in [-0.3, -0.25) is 14.0 Å². The highest BCUT2D eigenvalue weighted by atomic mass is 19.4. The van der Waals surface area contributed by atoms with Gasteiger partial charge in [0.25, 0.3) is 5.91 Å². The van der Waals surface area contributed by atoms with Crippen LogP contribution in [-0.4, -0.2) is 50.8 Å². The lowest BCUT2D eigenvalue weighted by atomic mass is 9.97. The summed E-state index contributed by atoms with van der Waals surface area (Å²) in [4.78, 5) is 40.6. The van der Waals surface area contributed by atoms with Crippen molar-refractivity contribution in [2.24, 2.45) is 11.8 Å². The first kappa shape index (κ1) is 27.5. The van der Waals surface area contributed by atoms with Crippen LogP contribution in [0.2, 0.25) is 0 Å². The van der Waals surface area contributed by atoms with E-state index >= 15 is 0 Å². The van der Waals surface area contributed by atoms with E-state index < -0.39 is 17.6 Å². The van der Waals surface area contributed by atoms with Crippen LogP contribution in [0.5, 0.6) is 0 Å². The number of alkyl halides is 3. The van der Waals surface area contributed by atoms with Crippen LogP contribution in [0, 0.1) is 11.8 Å². The summed E-state index contributed by atoms with van der Waals surface area (Å²) < 4.78 is 40.9. The van der Waals surface area contributed by atoms with Crippen molar-refractivity contribution in [3.8, 4) is 11.3 Å². The van der Waals surface area contributed by atoms with Crippen molar-refractivity contribution < 1.29 is 22.8 Å². The lowest BCUT2D eigenvalue weighted by molar-refractivity contribution is -0.137. The number of hydrogen-bond acceptors (Lipinski definition) is 7. The monoisotopic (exact) mass is 578 g/mol. The predicted octanol–water partition coefficient (Wildman–Crippen LogP) is 4.39. The number of imidazole rings is 1. The Morgan fingerprint density at radius 1 is 1.05 bits per heavy atom. The van der Waals surface area contributed by atoms with Crippen LogP contribution in [0.15, 0.2) is 55.0 Å². The van der Waals surface area contributed by atoms with Gasteiger partial charge in [-0.05, 0) is 55.9 Å². The minimum absolute atomic E-state index is 0.0723. The molecule has 1 unspecified atom stereocenters. The molecule has 4 aromatic rings. The standard InChI is InChI=1S/C29H29F3N8O2/c30-29(31,32)21-9-10-34-22(14-21)37-27(42)19-7-5-18(6-8-19)23-24-25(33)35-11-13-40(24)28(38-23)39-12-1-2-20(16-39)26(41)36-15-17-3-4-17/h5-11,13-14,17,20H,1-4,12,15-16H2,(H2,33,35)(H,36,41)(H,34,37,42). The normalized spacial score (nSPS) is 17.3. The summed E-state index contributed by atoms with van der Waals surface area (Å²) in [6.07, 6.45) is 3.82. The molecule has 3 aromatic heterocycles. The Labute approximate surface area is 239 Å². The molecule has 0 spiro atoms. The number of aromatic nitrogens is 4. The molecule has 0 radical (unpaired) electrons. The molecule has 6 rings (SSSR count). The van der Waals surface area contributed by atoms with Gasteiger partial charge < -0.3 is 21.3 Å². The maximum absolute atomic E-state index is 13.0. The van der Waals surface area contributed by atoms with Gasteiger partial charge in [-0.25, -0.2) is 15.0 Å². The average Bonchev–Trinajstić information content (AvgIpc) is 3.73. The third-order valence-electron chi connectivity index (χ3n) is 7.65. The SMILES string of the molecule is Nc1nccn2c(N3CCCC(C(=O)NCC4CC4)C3)nc(-c3ccc(C(=O)Nc4cc(C(F)(F)F)ccn4)cc3)c12. The van der Waals surface area contributed by atoms with E-state index in [9.17, 15) is 22.8 Å². The Balaban J connectivity index is 1.23. The minimum atomic E-state index is -4.55. The number of nitrogen functional groups attached to an aromatic ring is 1. The molecule has 4 heterocycles. The van der Waals surface area contributed by atoms with Crippen molar-refractivity contribution in [1.82, 2.24) is 24.7 Å². The topological polar surface area (TPSA) is 131 Å². The van der Waals surface area contributed by atoms with Crippen molar-refractivity contribution in [2.45, 2.75) is 31.9 Å². The summed E-state index contributed by atoms with van der Waals surface area (Å²) in [6, 6.07) is 8.10. The summed E-state index contributed by atoms with van der Waals surface area (Å²) in [5.74, 6) is 0.649. The third-order valence-corrected chi connectivity index (χ3v) is 7.65. The second-order valence-electron chi connectivity index (χ2n) is 10.7. The molecule has 1 aromatic carbocycles. The number of pyridine rings is 1. The zero-order valence-corrected chi connectivity index (χ0v) is 22.6. The smallest absolute Gasteiger partial charge is 0.382 e.